The molecule has 0 saturated carbocycles. The molecule has 190 valence electrons. The van der Waals surface area contributed by atoms with Crippen LogP contribution in [0.3, 0.4) is 0 Å². The van der Waals surface area contributed by atoms with E-state index in [1.165, 1.54) is 43.2 Å². The number of amides is 1. The standard InChI is InChI=1S/C24H17BrN2O7S3/c1-14-3-9-18(13-19(14)27(29)30)37(31,32)34-20-10-4-15(11-21(20)33-2)12-22-23(28)26(24(35)36-22)17-7-5-16(25)6-8-17/h3-13H,1-2H3/b22-12-. The SMILES string of the molecule is COc1cc(/C=C2\SC(=S)N(c3ccc(Br)cc3)C2=O)ccc1OS(=O)(=O)c1ccc(C)c([N+](=O)[O-])c1. The van der Waals surface area contributed by atoms with Crippen molar-refractivity contribution in [3.8, 4) is 11.5 Å². The van der Waals surface area contributed by atoms with Crippen molar-refractivity contribution in [1.82, 2.24) is 0 Å². The Morgan fingerprint density at radius 1 is 1.08 bits per heavy atom. The molecule has 1 fully saturated rings. The van der Waals surface area contributed by atoms with Crippen LogP contribution in [-0.2, 0) is 14.9 Å². The van der Waals surface area contributed by atoms with Gasteiger partial charge in [-0.15, -0.1) is 0 Å². The molecule has 0 unspecified atom stereocenters. The van der Waals surface area contributed by atoms with E-state index in [1.54, 1.807) is 24.3 Å². The molecular weight excluding hydrogens is 604 g/mol. The van der Waals surface area contributed by atoms with E-state index in [0.717, 1.165) is 22.3 Å². The summed E-state index contributed by atoms with van der Waals surface area (Å²) in [7, 11) is -3.06. The largest absolute Gasteiger partial charge is 0.493 e. The third-order valence-electron chi connectivity index (χ3n) is 5.23. The first-order valence-corrected chi connectivity index (χ1v) is 13.8. The minimum Gasteiger partial charge on any atom is -0.493 e. The maximum atomic E-state index is 13.0. The van der Waals surface area contributed by atoms with E-state index in [9.17, 15) is 23.3 Å². The van der Waals surface area contributed by atoms with Crippen molar-refractivity contribution < 1.29 is 27.1 Å². The Balaban J connectivity index is 1.60. The number of benzene rings is 3. The lowest BCUT2D eigenvalue weighted by Crippen LogP contribution is -2.27. The van der Waals surface area contributed by atoms with Crippen LogP contribution in [0.4, 0.5) is 11.4 Å². The van der Waals surface area contributed by atoms with Gasteiger partial charge in [-0.25, -0.2) is 0 Å². The molecule has 0 aliphatic carbocycles. The topological polar surface area (TPSA) is 116 Å². The molecule has 3 aromatic rings. The van der Waals surface area contributed by atoms with Crippen LogP contribution in [0, 0.1) is 17.0 Å². The lowest BCUT2D eigenvalue weighted by atomic mass is 10.2. The zero-order valence-corrected chi connectivity index (χ0v) is 23.2. The van der Waals surface area contributed by atoms with Crippen LogP contribution >= 0.6 is 39.9 Å². The summed E-state index contributed by atoms with van der Waals surface area (Å²) in [5.74, 6) is -0.326. The van der Waals surface area contributed by atoms with Gasteiger partial charge < -0.3 is 8.92 Å². The summed E-state index contributed by atoms with van der Waals surface area (Å²) in [5, 5.41) is 11.2. The zero-order valence-electron chi connectivity index (χ0n) is 19.2. The van der Waals surface area contributed by atoms with Gasteiger partial charge in [0.1, 0.15) is 4.90 Å². The predicted octanol–water partition coefficient (Wildman–Crippen LogP) is 5.85. The Morgan fingerprint density at radius 2 is 1.78 bits per heavy atom. The first kappa shape index (κ1) is 26.8. The van der Waals surface area contributed by atoms with Gasteiger partial charge in [-0.3, -0.25) is 19.8 Å². The van der Waals surface area contributed by atoms with E-state index in [1.807, 2.05) is 12.1 Å². The lowest BCUT2D eigenvalue weighted by Gasteiger charge is -2.14. The van der Waals surface area contributed by atoms with E-state index in [2.05, 4.69) is 15.9 Å². The number of methoxy groups -OCH3 is 1. The molecule has 9 nitrogen and oxygen atoms in total. The quantitative estimate of drug-likeness (QED) is 0.105. The van der Waals surface area contributed by atoms with Crippen LogP contribution < -0.4 is 13.8 Å². The molecule has 1 aliphatic heterocycles. The monoisotopic (exact) mass is 620 g/mol. The summed E-state index contributed by atoms with van der Waals surface area (Å²) >= 11 is 9.90. The summed E-state index contributed by atoms with van der Waals surface area (Å²) in [4.78, 5) is 25.0. The van der Waals surface area contributed by atoms with Gasteiger partial charge in [-0.1, -0.05) is 52.0 Å². The fraction of sp³-hybridized carbons (Fsp3) is 0.0833. The number of thioether (sulfide) groups is 1. The third-order valence-corrected chi connectivity index (χ3v) is 8.29. The molecule has 0 N–H and O–H groups in total. The molecule has 1 aliphatic rings. The molecule has 0 radical (unpaired) electrons. The molecule has 1 amide bonds. The molecule has 0 atom stereocenters. The Bertz CT molecular complexity index is 1570. The Morgan fingerprint density at radius 3 is 2.43 bits per heavy atom. The minimum absolute atomic E-state index is 0.0855. The van der Waals surface area contributed by atoms with Crippen molar-refractivity contribution in [3.63, 3.8) is 0 Å². The molecule has 3 aromatic carbocycles. The van der Waals surface area contributed by atoms with E-state index in [-0.39, 0.29) is 28.0 Å². The highest BCUT2D eigenvalue weighted by atomic mass is 79.9. The van der Waals surface area contributed by atoms with Crippen LogP contribution in [-0.4, -0.2) is 30.7 Å². The molecule has 37 heavy (non-hydrogen) atoms. The van der Waals surface area contributed by atoms with Crippen molar-refractivity contribution in [2.45, 2.75) is 11.8 Å². The van der Waals surface area contributed by atoms with Gasteiger partial charge in [0, 0.05) is 16.1 Å². The summed E-state index contributed by atoms with van der Waals surface area (Å²) in [6.07, 6.45) is 1.61. The first-order valence-electron chi connectivity index (χ1n) is 10.4. The van der Waals surface area contributed by atoms with Crippen molar-refractivity contribution >= 4 is 77.7 Å². The number of ether oxygens (including phenoxy) is 1. The van der Waals surface area contributed by atoms with E-state index >= 15 is 0 Å². The van der Waals surface area contributed by atoms with Crippen LogP contribution in [0.2, 0.25) is 0 Å². The van der Waals surface area contributed by atoms with Gasteiger partial charge in [0.05, 0.1) is 22.6 Å². The predicted molar refractivity (Wildman–Crippen MR) is 148 cm³/mol. The van der Waals surface area contributed by atoms with Crippen molar-refractivity contribution in [2.75, 3.05) is 12.0 Å². The van der Waals surface area contributed by atoms with Crippen molar-refractivity contribution in [1.29, 1.82) is 0 Å². The number of rotatable bonds is 7. The molecule has 0 spiro atoms. The van der Waals surface area contributed by atoms with Crippen LogP contribution in [0.25, 0.3) is 6.08 Å². The molecule has 4 rings (SSSR count). The van der Waals surface area contributed by atoms with Crippen LogP contribution in [0.1, 0.15) is 11.1 Å². The maximum Gasteiger partial charge on any atom is 0.339 e. The number of hydrogen-bond acceptors (Lipinski definition) is 9. The van der Waals surface area contributed by atoms with Gasteiger partial charge in [0.25, 0.3) is 11.6 Å². The van der Waals surface area contributed by atoms with Gasteiger partial charge in [0.15, 0.2) is 15.8 Å². The highest BCUT2D eigenvalue weighted by Gasteiger charge is 2.33. The molecule has 13 heteroatoms. The molecule has 1 saturated heterocycles. The summed E-state index contributed by atoms with van der Waals surface area (Å²) in [6.45, 7) is 1.50. The Kier molecular flexibility index (Phi) is 7.69. The van der Waals surface area contributed by atoms with Gasteiger partial charge in [0.2, 0.25) is 0 Å². The number of nitrogens with zero attached hydrogens (tertiary/aromatic N) is 2. The number of anilines is 1. The number of nitro benzene ring substituents is 1. The number of carbonyl (C=O) groups excluding carboxylic acids is 1. The van der Waals surface area contributed by atoms with Gasteiger partial charge >= 0.3 is 10.1 Å². The molecule has 1 heterocycles. The number of thiocarbonyl (C=S) groups is 1. The number of aryl methyl sites for hydroxylation is 1. The number of nitro groups is 1. The smallest absolute Gasteiger partial charge is 0.339 e. The van der Waals surface area contributed by atoms with Crippen molar-refractivity contribution in [2.24, 2.45) is 0 Å². The highest BCUT2D eigenvalue weighted by molar-refractivity contribution is 9.10. The normalized spacial score (nSPS) is 14.8. The highest BCUT2D eigenvalue weighted by Crippen LogP contribution is 2.38. The van der Waals surface area contributed by atoms with Crippen LogP contribution in [0.5, 0.6) is 11.5 Å². The maximum absolute atomic E-state index is 13.0. The number of carbonyl (C=O) groups is 1. The Hall–Kier alpha value is -3.26. The van der Waals surface area contributed by atoms with Crippen molar-refractivity contribution in [3.05, 3.63) is 91.3 Å². The Labute approximate surface area is 230 Å². The third kappa shape index (κ3) is 5.69. The fourth-order valence-electron chi connectivity index (χ4n) is 3.38. The number of hydrogen-bond donors (Lipinski definition) is 0. The van der Waals surface area contributed by atoms with E-state index in [4.69, 9.17) is 21.1 Å². The number of halogens is 1. The first-order chi connectivity index (χ1) is 17.5. The minimum atomic E-state index is -4.40. The second-order valence-corrected chi connectivity index (χ2v) is 11.8. The molecular formula is C24H17BrN2O7S3. The lowest BCUT2D eigenvalue weighted by molar-refractivity contribution is -0.385. The average Bonchev–Trinajstić information content (AvgIpc) is 3.12. The second-order valence-electron chi connectivity index (χ2n) is 7.65. The van der Waals surface area contributed by atoms with Gasteiger partial charge in [-0.2, -0.15) is 8.42 Å². The van der Waals surface area contributed by atoms with Crippen LogP contribution in [0.15, 0.2) is 74.9 Å². The van der Waals surface area contributed by atoms with E-state index in [0.29, 0.717) is 26.0 Å². The van der Waals surface area contributed by atoms with E-state index < -0.39 is 15.0 Å². The fourth-order valence-corrected chi connectivity index (χ4v) is 5.91. The summed E-state index contributed by atoms with van der Waals surface area (Å²) < 4.78 is 37.4. The second kappa shape index (κ2) is 10.6. The molecule has 0 bridgehead atoms. The van der Waals surface area contributed by atoms with Gasteiger partial charge in [-0.05, 0) is 61.0 Å². The summed E-state index contributed by atoms with van der Waals surface area (Å²) in [6, 6.07) is 15.1. The zero-order chi connectivity index (χ0) is 26.9. The molecule has 0 aromatic heterocycles. The average molecular weight is 622 g/mol. The summed E-state index contributed by atoms with van der Waals surface area (Å²) in [5.41, 5.74) is 1.16.